The Balaban J connectivity index is 1.17. The van der Waals surface area contributed by atoms with Gasteiger partial charge < -0.3 is 30.0 Å². The lowest BCUT2D eigenvalue weighted by Crippen LogP contribution is -2.46. The van der Waals surface area contributed by atoms with Crippen molar-refractivity contribution in [3.63, 3.8) is 0 Å². The van der Waals surface area contributed by atoms with E-state index in [1.54, 1.807) is 6.07 Å². The van der Waals surface area contributed by atoms with Crippen molar-refractivity contribution < 1.29 is 14.6 Å². The normalized spacial score (nSPS) is 16.6. The third kappa shape index (κ3) is 4.33. The van der Waals surface area contributed by atoms with Gasteiger partial charge in [-0.1, -0.05) is 0 Å². The molecule has 1 aliphatic heterocycles. The summed E-state index contributed by atoms with van der Waals surface area (Å²) < 4.78 is 13.3. The summed E-state index contributed by atoms with van der Waals surface area (Å²) in [5, 5.41) is 14.3. The Bertz CT molecular complexity index is 1420. The Labute approximate surface area is 208 Å². The highest BCUT2D eigenvalue weighted by atomic mass is 16.5. The Hall–Kier alpha value is -3.76. The minimum Gasteiger partial charge on any atom is -0.471 e. The summed E-state index contributed by atoms with van der Waals surface area (Å²) in [6.45, 7) is 5.34. The number of anilines is 2. The van der Waals surface area contributed by atoms with Gasteiger partial charge in [0.1, 0.15) is 35.8 Å². The minimum atomic E-state index is -0.987. The SMILES string of the molecule is Cc1cc(N)nc(C)c1CNc1cc(OCc2cn3cc(C4CC4)cc(C4(O)COC4)c3n2)ncn1. The minimum absolute atomic E-state index is 0.241. The summed E-state index contributed by atoms with van der Waals surface area (Å²) >= 11 is 0. The molecular formula is C26H29N7O3. The molecule has 0 bridgehead atoms. The maximum absolute atomic E-state index is 11.0. The second kappa shape index (κ2) is 8.72. The highest BCUT2D eigenvalue weighted by Crippen LogP contribution is 2.42. The molecule has 186 valence electrons. The van der Waals surface area contributed by atoms with Crippen molar-refractivity contribution in [3.8, 4) is 5.88 Å². The van der Waals surface area contributed by atoms with E-state index in [0.29, 0.717) is 30.0 Å². The van der Waals surface area contributed by atoms with Gasteiger partial charge in [-0.15, -0.1) is 0 Å². The quantitative estimate of drug-likeness (QED) is 0.343. The summed E-state index contributed by atoms with van der Waals surface area (Å²) in [4.78, 5) is 17.7. The van der Waals surface area contributed by atoms with Crippen LogP contribution in [-0.2, 0) is 23.5 Å². The first-order chi connectivity index (χ1) is 17.4. The van der Waals surface area contributed by atoms with Gasteiger partial charge >= 0.3 is 0 Å². The van der Waals surface area contributed by atoms with Crippen LogP contribution in [0.5, 0.6) is 5.88 Å². The highest BCUT2D eigenvalue weighted by Gasteiger charge is 2.41. The van der Waals surface area contributed by atoms with Crippen LogP contribution in [-0.4, -0.2) is 42.7 Å². The van der Waals surface area contributed by atoms with Gasteiger partial charge in [-0.25, -0.2) is 19.9 Å². The number of hydrogen-bond acceptors (Lipinski definition) is 9. The van der Waals surface area contributed by atoms with Crippen LogP contribution in [0.15, 0.2) is 36.9 Å². The summed E-state index contributed by atoms with van der Waals surface area (Å²) in [6, 6.07) is 5.72. The number of imidazole rings is 1. The molecule has 4 N–H and O–H groups in total. The van der Waals surface area contributed by atoms with E-state index in [1.807, 2.05) is 30.5 Å². The van der Waals surface area contributed by atoms with E-state index in [4.69, 9.17) is 20.2 Å². The van der Waals surface area contributed by atoms with Crippen molar-refractivity contribution in [3.05, 3.63) is 70.6 Å². The van der Waals surface area contributed by atoms with Gasteiger partial charge in [-0.05, 0) is 61.4 Å². The number of aliphatic hydroxyl groups is 1. The third-order valence-corrected chi connectivity index (χ3v) is 6.88. The van der Waals surface area contributed by atoms with Crippen molar-refractivity contribution in [1.29, 1.82) is 0 Å². The molecule has 0 radical (unpaired) electrons. The lowest BCUT2D eigenvalue weighted by molar-refractivity contribution is -0.184. The van der Waals surface area contributed by atoms with E-state index in [1.165, 1.54) is 24.7 Å². The first-order valence-corrected chi connectivity index (χ1v) is 12.1. The van der Waals surface area contributed by atoms with E-state index in [9.17, 15) is 5.11 Å². The molecule has 1 saturated heterocycles. The monoisotopic (exact) mass is 487 g/mol. The number of pyridine rings is 2. The van der Waals surface area contributed by atoms with E-state index in [2.05, 4.69) is 32.5 Å². The van der Waals surface area contributed by atoms with Crippen molar-refractivity contribution in [2.24, 2.45) is 0 Å². The number of aromatic nitrogens is 5. The molecule has 4 aromatic rings. The van der Waals surface area contributed by atoms with Crippen molar-refractivity contribution in [2.45, 2.75) is 51.4 Å². The molecule has 0 atom stereocenters. The lowest BCUT2D eigenvalue weighted by Gasteiger charge is -2.37. The summed E-state index contributed by atoms with van der Waals surface area (Å²) in [5.74, 6) is 2.17. The van der Waals surface area contributed by atoms with Crippen LogP contribution in [0.25, 0.3) is 5.65 Å². The zero-order valence-corrected chi connectivity index (χ0v) is 20.4. The smallest absolute Gasteiger partial charge is 0.218 e. The Morgan fingerprint density at radius 2 is 2.00 bits per heavy atom. The van der Waals surface area contributed by atoms with Crippen LogP contribution >= 0.6 is 0 Å². The number of nitrogens with zero attached hydrogens (tertiary/aromatic N) is 5. The third-order valence-electron chi connectivity index (χ3n) is 6.88. The number of aryl methyl sites for hydroxylation is 2. The zero-order valence-electron chi connectivity index (χ0n) is 20.4. The second-order valence-corrected chi connectivity index (χ2v) is 9.76. The first kappa shape index (κ1) is 22.7. The summed E-state index contributed by atoms with van der Waals surface area (Å²) in [6.07, 6.45) is 7.89. The molecule has 0 amide bonds. The molecule has 0 aromatic carbocycles. The molecule has 4 aromatic heterocycles. The molecule has 2 aliphatic rings. The lowest BCUT2D eigenvalue weighted by atomic mass is 9.91. The van der Waals surface area contributed by atoms with Gasteiger partial charge in [0.15, 0.2) is 0 Å². The van der Waals surface area contributed by atoms with Crippen LogP contribution in [0.2, 0.25) is 0 Å². The predicted molar refractivity (Wildman–Crippen MR) is 134 cm³/mol. The summed E-state index contributed by atoms with van der Waals surface area (Å²) in [7, 11) is 0. The standard InChI is InChI=1S/C26H29N7O3/c1-15-5-22(27)31-16(2)20(15)8-28-23-7-24(30-14-29-23)36-11-19-10-33-9-18(17-3-4-17)6-21(25(33)32-19)26(34)12-35-13-26/h5-7,9-10,14,17,34H,3-4,8,11-13H2,1-2H3,(H2,27,31)(H,28,29,30). The zero-order chi connectivity index (χ0) is 24.9. The van der Waals surface area contributed by atoms with Gasteiger partial charge in [0.05, 0.1) is 18.9 Å². The van der Waals surface area contributed by atoms with Crippen LogP contribution in [0.1, 0.15) is 52.4 Å². The van der Waals surface area contributed by atoms with Crippen molar-refractivity contribution >= 4 is 17.3 Å². The van der Waals surface area contributed by atoms with Gasteiger partial charge in [0.2, 0.25) is 5.88 Å². The predicted octanol–water partition coefficient (Wildman–Crippen LogP) is 3.00. The number of hydrogen-bond donors (Lipinski definition) is 3. The van der Waals surface area contributed by atoms with Gasteiger partial charge in [0.25, 0.3) is 0 Å². The molecule has 5 heterocycles. The number of fused-ring (bicyclic) bond motifs is 1. The Morgan fingerprint density at radius 1 is 1.17 bits per heavy atom. The summed E-state index contributed by atoms with van der Waals surface area (Å²) in [5.41, 5.74) is 11.4. The van der Waals surface area contributed by atoms with Gasteiger partial charge in [-0.2, -0.15) is 0 Å². The molecule has 0 spiro atoms. The average Bonchev–Trinajstić information content (AvgIpc) is 3.59. The van der Waals surface area contributed by atoms with Crippen LogP contribution < -0.4 is 15.8 Å². The van der Waals surface area contributed by atoms with Crippen molar-refractivity contribution in [1.82, 2.24) is 24.3 Å². The Morgan fingerprint density at radius 3 is 2.72 bits per heavy atom. The van der Waals surface area contributed by atoms with E-state index in [-0.39, 0.29) is 19.8 Å². The average molecular weight is 488 g/mol. The number of rotatable bonds is 8. The van der Waals surface area contributed by atoms with Crippen LogP contribution in [0.3, 0.4) is 0 Å². The molecule has 0 unspecified atom stereocenters. The fourth-order valence-corrected chi connectivity index (χ4v) is 4.67. The molecule has 2 fully saturated rings. The number of nitrogens with two attached hydrogens (primary N) is 1. The first-order valence-electron chi connectivity index (χ1n) is 12.1. The van der Waals surface area contributed by atoms with E-state index < -0.39 is 5.60 Å². The second-order valence-electron chi connectivity index (χ2n) is 9.76. The molecular weight excluding hydrogens is 458 g/mol. The Kier molecular flexibility index (Phi) is 5.50. The van der Waals surface area contributed by atoms with Crippen LogP contribution in [0, 0.1) is 13.8 Å². The van der Waals surface area contributed by atoms with Crippen molar-refractivity contribution in [2.75, 3.05) is 24.3 Å². The molecule has 36 heavy (non-hydrogen) atoms. The highest BCUT2D eigenvalue weighted by molar-refractivity contribution is 5.55. The van der Waals surface area contributed by atoms with E-state index in [0.717, 1.165) is 33.7 Å². The molecule has 10 nitrogen and oxygen atoms in total. The number of nitrogen functional groups attached to an aromatic ring is 1. The fraction of sp³-hybridized carbons (Fsp3) is 0.385. The molecule has 10 heteroatoms. The van der Waals surface area contributed by atoms with Crippen LogP contribution in [0.4, 0.5) is 11.6 Å². The van der Waals surface area contributed by atoms with Gasteiger partial charge in [0, 0.05) is 36.3 Å². The maximum atomic E-state index is 11.0. The molecule has 1 saturated carbocycles. The number of nitrogens with one attached hydrogen (secondary N) is 1. The topological polar surface area (TPSA) is 133 Å². The van der Waals surface area contributed by atoms with E-state index >= 15 is 0 Å². The molecule has 1 aliphatic carbocycles. The fourth-order valence-electron chi connectivity index (χ4n) is 4.67. The molecule has 6 rings (SSSR count). The largest absolute Gasteiger partial charge is 0.471 e. The maximum Gasteiger partial charge on any atom is 0.218 e. The van der Waals surface area contributed by atoms with Gasteiger partial charge in [-0.3, -0.25) is 0 Å². The number of ether oxygens (including phenoxy) is 2.